The molecule has 0 spiro atoms. The van der Waals surface area contributed by atoms with Crippen LogP contribution in [0.5, 0.6) is 11.5 Å². The second-order valence-corrected chi connectivity index (χ2v) is 4.88. The number of phenolic OH excluding ortho intramolecular Hbond substituents is 1. The first-order valence-corrected chi connectivity index (χ1v) is 6.90. The van der Waals surface area contributed by atoms with Crippen LogP contribution < -0.4 is 4.74 Å². The lowest BCUT2D eigenvalue weighted by Gasteiger charge is -2.09. The zero-order chi connectivity index (χ0) is 12.8. The van der Waals surface area contributed by atoms with Crippen molar-refractivity contribution in [3.63, 3.8) is 0 Å². The largest absolute Gasteiger partial charge is 0.508 e. The van der Waals surface area contributed by atoms with E-state index in [4.69, 9.17) is 4.74 Å². The van der Waals surface area contributed by atoms with Gasteiger partial charge in [0.15, 0.2) is 0 Å². The van der Waals surface area contributed by atoms with Crippen LogP contribution in [0.2, 0.25) is 0 Å². The molecular formula is C15H16O2S. The number of hydrogen-bond donors (Lipinski definition) is 1. The summed E-state index contributed by atoms with van der Waals surface area (Å²) in [5, 5.41) is 9.41. The molecule has 0 amide bonds. The molecule has 0 radical (unpaired) electrons. The molecule has 94 valence electrons. The molecule has 2 rings (SSSR count). The third-order valence-corrected chi connectivity index (χ3v) is 3.53. The van der Waals surface area contributed by atoms with Gasteiger partial charge in [-0.2, -0.15) is 0 Å². The van der Waals surface area contributed by atoms with E-state index < -0.39 is 0 Å². The Labute approximate surface area is 112 Å². The molecule has 0 aliphatic heterocycles. The van der Waals surface area contributed by atoms with E-state index in [1.165, 1.54) is 5.56 Å². The van der Waals surface area contributed by atoms with Crippen molar-refractivity contribution in [2.75, 3.05) is 6.61 Å². The van der Waals surface area contributed by atoms with Gasteiger partial charge in [0.25, 0.3) is 0 Å². The number of hydrogen-bond acceptors (Lipinski definition) is 3. The molecule has 0 atom stereocenters. The van der Waals surface area contributed by atoms with Crippen LogP contribution >= 0.6 is 11.8 Å². The maximum Gasteiger partial charge on any atom is 0.123 e. The Morgan fingerprint density at radius 1 is 1.11 bits per heavy atom. The summed E-state index contributed by atoms with van der Waals surface area (Å²) in [5.41, 5.74) is 1.17. The first kappa shape index (κ1) is 12.8. The molecule has 0 bridgehead atoms. The molecule has 2 aromatic rings. The first-order chi connectivity index (χ1) is 8.79. The third-order valence-electron chi connectivity index (χ3n) is 2.48. The predicted octanol–water partition coefficient (Wildman–Crippen LogP) is 4.08. The lowest BCUT2D eigenvalue weighted by molar-refractivity contribution is 0.337. The summed E-state index contributed by atoms with van der Waals surface area (Å²) in [6.07, 6.45) is 0. The minimum Gasteiger partial charge on any atom is -0.508 e. The van der Waals surface area contributed by atoms with Crippen LogP contribution in [-0.4, -0.2) is 11.7 Å². The van der Waals surface area contributed by atoms with Crippen molar-refractivity contribution in [3.05, 3.63) is 54.1 Å². The monoisotopic (exact) mass is 260 g/mol. The van der Waals surface area contributed by atoms with E-state index in [1.807, 2.05) is 37.3 Å². The van der Waals surface area contributed by atoms with Crippen LogP contribution in [0.1, 0.15) is 12.5 Å². The Kier molecular flexibility index (Phi) is 4.53. The van der Waals surface area contributed by atoms with E-state index in [9.17, 15) is 5.11 Å². The maximum atomic E-state index is 9.41. The van der Waals surface area contributed by atoms with Crippen LogP contribution in [0.15, 0.2) is 53.4 Å². The van der Waals surface area contributed by atoms with Crippen LogP contribution in [0.25, 0.3) is 0 Å². The Hall–Kier alpha value is -1.61. The highest BCUT2D eigenvalue weighted by atomic mass is 32.2. The fraction of sp³-hybridized carbons (Fsp3) is 0.200. The highest BCUT2D eigenvalue weighted by Gasteiger charge is 2.03. The Bertz CT molecular complexity index is 511. The molecule has 0 aromatic heterocycles. The van der Waals surface area contributed by atoms with Crippen LogP contribution in [0.4, 0.5) is 0 Å². The van der Waals surface area contributed by atoms with E-state index in [2.05, 4.69) is 6.07 Å². The van der Waals surface area contributed by atoms with Gasteiger partial charge in [0.2, 0.25) is 0 Å². The molecule has 0 unspecified atom stereocenters. The minimum absolute atomic E-state index is 0.304. The average Bonchev–Trinajstić information content (AvgIpc) is 2.38. The molecule has 0 aliphatic carbocycles. The second kappa shape index (κ2) is 6.36. The molecule has 0 aliphatic rings. The van der Waals surface area contributed by atoms with E-state index in [0.29, 0.717) is 12.4 Å². The van der Waals surface area contributed by atoms with Crippen molar-refractivity contribution in [1.82, 2.24) is 0 Å². The molecule has 18 heavy (non-hydrogen) atoms. The van der Waals surface area contributed by atoms with Crippen molar-refractivity contribution in [3.8, 4) is 11.5 Å². The van der Waals surface area contributed by atoms with Gasteiger partial charge in [0, 0.05) is 16.2 Å². The van der Waals surface area contributed by atoms with E-state index in [1.54, 1.807) is 23.9 Å². The van der Waals surface area contributed by atoms with Crippen LogP contribution in [0, 0.1) is 0 Å². The number of thioether (sulfide) groups is 1. The van der Waals surface area contributed by atoms with Gasteiger partial charge >= 0.3 is 0 Å². The van der Waals surface area contributed by atoms with Gasteiger partial charge in [0.05, 0.1) is 6.61 Å². The molecular weight excluding hydrogens is 244 g/mol. The highest BCUT2D eigenvalue weighted by Crippen LogP contribution is 2.29. The Morgan fingerprint density at radius 2 is 1.94 bits per heavy atom. The Morgan fingerprint density at radius 3 is 2.72 bits per heavy atom. The summed E-state index contributed by atoms with van der Waals surface area (Å²) in [7, 11) is 0. The summed E-state index contributed by atoms with van der Waals surface area (Å²) in [6, 6.07) is 15.4. The minimum atomic E-state index is 0.304. The Balaban J connectivity index is 2.06. The summed E-state index contributed by atoms with van der Waals surface area (Å²) in [6.45, 7) is 2.66. The zero-order valence-corrected chi connectivity index (χ0v) is 11.1. The molecule has 0 fully saturated rings. The van der Waals surface area contributed by atoms with Gasteiger partial charge < -0.3 is 9.84 Å². The summed E-state index contributed by atoms with van der Waals surface area (Å²) < 4.78 is 5.59. The standard InChI is InChI=1S/C15H16O2S/c1-2-17-15-9-4-3-6-12(15)11-18-14-8-5-7-13(16)10-14/h3-10,16H,2,11H2,1H3. The normalized spacial score (nSPS) is 10.3. The van der Waals surface area contributed by atoms with Gasteiger partial charge in [-0.3, -0.25) is 0 Å². The molecule has 2 nitrogen and oxygen atoms in total. The van der Waals surface area contributed by atoms with Crippen molar-refractivity contribution in [2.45, 2.75) is 17.6 Å². The topological polar surface area (TPSA) is 29.5 Å². The number of aromatic hydroxyl groups is 1. The van der Waals surface area contributed by atoms with Crippen molar-refractivity contribution in [1.29, 1.82) is 0 Å². The summed E-state index contributed by atoms with van der Waals surface area (Å²) in [4.78, 5) is 1.06. The van der Waals surface area contributed by atoms with Crippen molar-refractivity contribution < 1.29 is 9.84 Å². The number of para-hydroxylation sites is 1. The highest BCUT2D eigenvalue weighted by molar-refractivity contribution is 7.98. The number of phenols is 1. The van der Waals surface area contributed by atoms with Crippen LogP contribution in [-0.2, 0) is 5.75 Å². The van der Waals surface area contributed by atoms with Crippen molar-refractivity contribution >= 4 is 11.8 Å². The lowest BCUT2D eigenvalue weighted by Crippen LogP contribution is -1.95. The van der Waals surface area contributed by atoms with Crippen molar-refractivity contribution in [2.24, 2.45) is 0 Å². The molecule has 0 heterocycles. The molecule has 2 aromatic carbocycles. The quantitative estimate of drug-likeness (QED) is 0.821. The summed E-state index contributed by atoms with van der Waals surface area (Å²) >= 11 is 1.69. The van der Waals surface area contributed by atoms with Gasteiger partial charge in [-0.25, -0.2) is 0 Å². The van der Waals surface area contributed by atoms with E-state index in [-0.39, 0.29) is 0 Å². The number of benzene rings is 2. The van der Waals surface area contributed by atoms with E-state index >= 15 is 0 Å². The SMILES string of the molecule is CCOc1ccccc1CSc1cccc(O)c1. The fourth-order valence-electron chi connectivity index (χ4n) is 1.65. The molecule has 3 heteroatoms. The summed E-state index contributed by atoms with van der Waals surface area (Å²) in [5.74, 6) is 2.07. The lowest BCUT2D eigenvalue weighted by atomic mass is 10.2. The van der Waals surface area contributed by atoms with Crippen LogP contribution in [0.3, 0.4) is 0 Å². The molecule has 1 N–H and O–H groups in total. The zero-order valence-electron chi connectivity index (χ0n) is 10.3. The smallest absolute Gasteiger partial charge is 0.123 e. The van der Waals surface area contributed by atoms with Gasteiger partial charge in [-0.15, -0.1) is 11.8 Å². The van der Waals surface area contributed by atoms with E-state index in [0.717, 1.165) is 16.4 Å². The average molecular weight is 260 g/mol. The maximum absolute atomic E-state index is 9.41. The van der Waals surface area contributed by atoms with Gasteiger partial charge in [0.1, 0.15) is 11.5 Å². The molecule has 0 saturated carbocycles. The van der Waals surface area contributed by atoms with Gasteiger partial charge in [-0.1, -0.05) is 24.3 Å². The fourth-order valence-corrected chi connectivity index (χ4v) is 2.59. The third kappa shape index (κ3) is 3.44. The second-order valence-electron chi connectivity index (χ2n) is 3.83. The number of ether oxygens (including phenoxy) is 1. The molecule has 0 saturated heterocycles. The first-order valence-electron chi connectivity index (χ1n) is 5.92. The number of rotatable bonds is 5. The predicted molar refractivity (Wildman–Crippen MR) is 75.3 cm³/mol. The van der Waals surface area contributed by atoms with Gasteiger partial charge in [-0.05, 0) is 31.2 Å².